The van der Waals surface area contributed by atoms with E-state index in [4.69, 9.17) is 0 Å². The Morgan fingerprint density at radius 1 is 0.892 bits per heavy atom. The number of para-hydroxylation sites is 2. The molecule has 3 aliphatic rings. The highest BCUT2D eigenvalue weighted by Gasteiger charge is 2.70. The number of nitrogens with one attached hydrogen (secondary N) is 3. The topological polar surface area (TPSA) is 94.3 Å². The highest BCUT2D eigenvalue weighted by Crippen LogP contribution is 2.54. The summed E-state index contributed by atoms with van der Waals surface area (Å²) >= 11 is 0. The van der Waals surface area contributed by atoms with Crippen LogP contribution < -0.4 is 15.5 Å². The number of aryl methyl sites for hydroxylation is 2. The number of rotatable bonds is 3. The molecule has 7 rings (SSSR count). The Kier molecular flexibility index (Phi) is 4.54. The number of benzene rings is 3. The highest BCUT2D eigenvalue weighted by molar-refractivity contribution is 6.25. The molecule has 2 saturated heterocycles. The SMILES string of the molecule is Cc1ccc(N2C(=O)[C@H]3[C@@H](C2=O)[C@]2(N[C@@H]3Cc3c[nH]c4ccccc34)C(=O)Nc3ccccc32)cc1C. The number of fused-ring (bicyclic) bond motifs is 5. The molecule has 2 fully saturated rings. The lowest BCUT2D eigenvalue weighted by Gasteiger charge is -2.29. The summed E-state index contributed by atoms with van der Waals surface area (Å²) in [5.74, 6) is -2.41. The molecule has 7 nitrogen and oxygen atoms in total. The second-order valence-corrected chi connectivity index (χ2v) is 10.4. The molecule has 0 unspecified atom stereocenters. The van der Waals surface area contributed by atoms with Crippen LogP contribution in [0.25, 0.3) is 10.9 Å². The van der Waals surface area contributed by atoms with Crippen molar-refractivity contribution in [3.05, 3.63) is 95.2 Å². The first-order valence-corrected chi connectivity index (χ1v) is 12.6. The van der Waals surface area contributed by atoms with Crippen LogP contribution >= 0.6 is 0 Å². The van der Waals surface area contributed by atoms with Crippen LogP contribution in [0.4, 0.5) is 11.4 Å². The number of aromatic nitrogens is 1. The summed E-state index contributed by atoms with van der Waals surface area (Å²) in [5, 5.41) is 7.58. The van der Waals surface area contributed by atoms with Gasteiger partial charge in [-0.25, -0.2) is 4.90 Å². The van der Waals surface area contributed by atoms with E-state index in [0.29, 0.717) is 17.8 Å². The summed E-state index contributed by atoms with van der Waals surface area (Å²) < 4.78 is 0. The molecule has 1 spiro atoms. The first-order chi connectivity index (χ1) is 17.9. The van der Waals surface area contributed by atoms with Gasteiger partial charge in [0.2, 0.25) is 17.7 Å². The summed E-state index contributed by atoms with van der Waals surface area (Å²) in [6.45, 7) is 3.96. The average Bonchev–Trinajstić information content (AvgIpc) is 3.60. The maximum Gasteiger partial charge on any atom is 0.250 e. The predicted octanol–water partition coefficient (Wildman–Crippen LogP) is 3.95. The molecule has 0 saturated carbocycles. The van der Waals surface area contributed by atoms with Gasteiger partial charge in [0.1, 0.15) is 5.54 Å². The van der Waals surface area contributed by atoms with E-state index in [-0.39, 0.29) is 17.7 Å². The van der Waals surface area contributed by atoms with Crippen LogP contribution in [0.3, 0.4) is 0 Å². The Hall–Kier alpha value is -4.23. The smallest absolute Gasteiger partial charge is 0.250 e. The zero-order chi connectivity index (χ0) is 25.5. The van der Waals surface area contributed by atoms with Gasteiger partial charge in [-0.1, -0.05) is 42.5 Å². The maximum atomic E-state index is 14.1. The number of nitrogens with zero attached hydrogens (tertiary/aromatic N) is 1. The van der Waals surface area contributed by atoms with Gasteiger partial charge in [-0.05, 0) is 61.2 Å². The van der Waals surface area contributed by atoms with Crippen LogP contribution in [0, 0.1) is 25.7 Å². The van der Waals surface area contributed by atoms with Crippen molar-refractivity contribution in [3.63, 3.8) is 0 Å². The molecule has 4 atom stereocenters. The number of imide groups is 1. The first-order valence-electron chi connectivity index (χ1n) is 12.6. The minimum Gasteiger partial charge on any atom is -0.361 e. The number of anilines is 2. The molecule has 3 amide bonds. The van der Waals surface area contributed by atoms with E-state index in [9.17, 15) is 14.4 Å². The fraction of sp³-hybridized carbons (Fsp3) is 0.233. The van der Waals surface area contributed by atoms with Crippen molar-refractivity contribution in [1.82, 2.24) is 10.3 Å². The zero-order valence-corrected chi connectivity index (χ0v) is 20.5. The van der Waals surface area contributed by atoms with Gasteiger partial charge in [0.15, 0.2) is 0 Å². The van der Waals surface area contributed by atoms with Gasteiger partial charge in [-0.2, -0.15) is 0 Å². The predicted molar refractivity (Wildman–Crippen MR) is 141 cm³/mol. The lowest BCUT2D eigenvalue weighted by Crippen LogP contribution is -2.53. The largest absolute Gasteiger partial charge is 0.361 e. The number of hydrogen-bond donors (Lipinski definition) is 3. The molecule has 7 heteroatoms. The van der Waals surface area contributed by atoms with Crippen LogP contribution in [0.5, 0.6) is 0 Å². The lowest BCUT2D eigenvalue weighted by atomic mass is 9.76. The van der Waals surface area contributed by atoms with Gasteiger partial charge in [0, 0.05) is 34.4 Å². The lowest BCUT2D eigenvalue weighted by molar-refractivity contribution is -0.130. The van der Waals surface area contributed by atoms with E-state index in [1.165, 1.54) is 4.90 Å². The van der Waals surface area contributed by atoms with Crippen LogP contribution in [0.1, 0.15) is 22.3 Å². The highest BCUT2D eigenvalue weighted by atomic mass is 16.2. The van der Waals surface area contributed by atoms with E-state index >= 15 is 0 Å². The van der Waals surface area contributed by atoms with Crippen molar-refractivity contribution in [2.75, 3.05) is 10.2 Å². The van der Waals surface area contributed by atoms with E-state index in [2.05, 4.69) is 15.6 Å². The molecule has 0 bridgehead atoms. The second-order valence-electron chi connectivity index (χ2n) is 10.4. The monoisotopic (exact) mass is 490 g/mol. The molecule has 3 N–H and O–H groups in total. The number of carbonyl (C=O) groups is 3. The van der Waals surface area contributed by atoms with Crippen molar-refractivity contribution in [2.45, 2.75) is 31.8 Å². The molecule has 3 aliphatic heterocycles. The summed E-state index contributed by atoms with van der Waals surface area (Å²) in [6, 6.07) is 20.7. The van der Waals surface area contributed by atoms with Gasteiger partial charge in [0.25, 0.3) is 0 Å². The Morgan fingerprint density at radius 2 is 1.68 bits per heavy atom. The molecule has 184 valence electrons. The van der Waals surface area contributed by atoms with Gasteiger partial charge in [0.05, 0.1) is 17.5 Å². The summed E-state index contributed by atoms with van der Waals surface area (Å²) in [5.41, 5.74) is 4.79. The van der Waals surface area contributed by atoms with Crippen LogP contribution in [0.15, 0.2) is 72.9 Å². The fourth-order valence-electron chi connectivity index (χ4n) is 6.59. The van der Waals surface area contributed by atoms with Crippen molar-refractivity contribution < 1.29 is 14.4 Å². The van der Waals surface area contributed by atoms with Gasteiger partial charge in [-0.3, -0.25) is 19.7 Å². The molecule has 37 heavy (non-hydrogen) atoms. The van der Waals surface area contributed by atoms with E-state index in [1.807, 2.05) is 86.8 Å². The molecule has 4 aromatic rings. The zero-order valence-electron chi connectivity index (χ0n) is 20.5. The van der Waals surface area contributed by atoms with E-state index < -0.39 is 23.4 Å². The number of H-pyrrole nitrogens is 1. The third kappa shape index (κ3) is 2.89. The van der Waals surface area contributed by atoms with E-state index in [1.54, 1.807) is 0 Å². The number of amides is 3. The molecule has 0 aliphatic carbocycles. The Balaban J connectivity index is 1.38. The third-order valence-corrected chi connectivity index (χ3v) is 8.49. The van der Waals surface area contributed by atoms with Crippen molar-refractivity contribution in [3.8, 4) is 0 Å². The molecule has 4 heterocycles. The fourth-order valence-corrected chi connectivity index (χ4v) is 6.59. The normalized spacial score (nSPS) is 26.3. The number of aromatic amines is 1. The summed E-state index contributed by atoms with van der Waals surface area (Å²) in [7, 11) is 0. The molecular weight excluding hydrogens is 464 g/mol. The van der Waals surface area contributed by atoms with Crippen LogP contribution in [-0.2, 0) is 26.3 Å². The number of carbonyl (C=O) groups excluding carboxylic acids is 3. The Labute approximate surface area is 213 Å². The van der Waals surface area contributed by atoms with Gasteiger partial charge < -0.3 is 10.3 Å². The van der Waals surface area contributed by atoms with Crippen LogP contribution in [0.2, 0.25) is 0 Å². The standard InChI is InChI=1S/C30H26N4O3/c1-16-11-12-19(13-17(16)2)34-27(35)25-24(14-18-15-31-22-9-5-3-7-20(18)22)33-30(26(25)28(34)36)21-8-4-6-10-23(21)32-29(30)37/h3-13,15,24-26,31,33H,14H2,1-2H3,(H,32,37)/t24-,25-,26+,30+/m1/s1. The number of hydrogen-bond acceptors (Lipinski definition) is 4. The minimum absolute atomic E-state index is 0.260. The summed E-state index contributed by atoms with van der Waals surface area (Å²) in [4.78, 5) is 46.5. The van der Waals surface area contributed by atoms with Crippen molar-refractivity contribution in [1.29, 1.82) is 0 Å². The molecule has 0 radical (unpaired) electrons. The van der Waals surface area contributed by atoms with Crippen molar-refractivity contribution in [2.24, 2.45) is 11.8 Å². The quantitative estimate of drug-likeness (QED) is 0.379. The third-order valence-electron chi connectivity index (χ3n) is 8.49. The first kappa shape index (κ1) is 22.0. The second kappa shape index (κ2) is 7.63. The summed E-state index contributed by atoms with van der Waals surface area (Å²) in [6.07, 6.45) is 2.46. The maximum absolute atomic E-state index is 14.1. The van der Waals surface area contributed by atoms with Crippen LogP contribution in [-0.4, -0.2) is 28.7 Å². The van der Waals surface area contributed by atoms with E-state index in [0.717, 1.165) is 33.2 Å². The van der Waals surface area contributed by atoms with Crippen molar-refractivity contribution >= 4 is 40.0 Å². The van der Waals surface area contributed by atoms with Gasteiger partial charge in [-0.15, -0.1) is 0 Å². The van der Waals surface area contributed by atoms with Gasteiger partial charge >= 0.3 is 0 Å². The molecular formula is C30H26N4O3. The Morgan fingerprint density at radius 3 is 2.51 bits per heavy atom. The average molecular weight is 491 g/mol. The minimum atomic E-state index is -1.31. The molecule has 1 aromatic heterocycles. The Bertz CT molecular complexity index is 1640. The molecule has 3 aromatic carbocycles.